The second-order valence-electron chi connectivity index (χ2n) is 6.35. The van der Waals surface area contributed by atoms with Gasteiger partial charge in [-0.15, -0.1) is 11.8 Å². The topological polar surface area (TPSA) is 49.4 Å². The van der Waals surface area contributed by atoms with E-state index < -0.39 is 0 Å². The Hall–Kier alpha value is -0.710. The molecule has 1 fully saturated rings. The molecular formula is C18H34N2O2S. The van der Waals surface area contributed by atoms with Crippen LogP contribution in [0.15, 0.2) is 0 Å². The van der Waals surface area contributed by atoms with Crippen molar-refractivity contribution in [2.45, 2.75) is 90.0 Å². The zero-order chi connectivity index (χ0) is 17.1. The highest BCUT2D eigenvalue weighted by atomic mass is 32.2. The van der Waals surface area contributed by atoms with E-state index >= 15 is 0 Å². The number of thioether (sulfide) groups is 1. The zero-order valence-corrected chi connectivity index (χ0v) is 15.9. The summed E-state index contributed by atoms with van der Waals surface area (Å²) in [6.45, 7) is 7.14. The fourth-order valence-electron chi connectivity index (χ4n) is 2.91. The summed E-state index contributed by atoms with van der Waals surface area (Å²) in [4.78, 5) is 26.9. The van der Waals surface area contributed by atoms with E-state index in [0.29, 0.717) is 6.42 Å². The fraction of sp³-hybridized carbons (Fsp3) is 0.889. The third-order valence-corrected chi connectivity index (χ3v) is 5.65. The molecule has 134 valence electrons. The van der Waals surface area contributed by atoms with E-state index in [2.05, 4.69) is 26.1 Å². The van der Waals surface area contributed by atoms with E-state index in [4.69, 9.17) is 0 Å². The van der Waals surface area contributed by atoms with E-state index in [9.17, 15) is 9.59 Å². The average molecular weight is 343 g/mol. The molecule has 5 heteroatoms. The number of hydrogen-bond acceptors (Lipinski definition) is 3. The maximum absolute atomic E-state index is 12.6. The molecule has 1 aliphatic rings. The molecule has 2 atom stereocenters. The van der Waals surface area contributed by atoms with E-state index in [0.717, 1.165) is 50.8 Å². The van der Waals surface area contributed by atoms with Gasteiger partial charge in [0, 0.05) is 18.7 Å². The van der Waals surface area contributed by atoms with Crippen LogP contribution in [0.4, 0.5) is 0 Å². The van der Waals surface area contributed by atoms with Crippen molar-refractivity contribution in [2.24, 2.45) is 0 Å². The Morgan fingerprint density at radius 1 is 1.04 bits per heavy atom. The van der Waals surface area contributed by atoms with Gasteiger partial charge in [0.05, 0.1) is 5.37 Å². The first-order valence-corrected chi connectivity index (χ1v) is 10.4. The molecule has 0 aromatic rings. The minimum absolute atomic E-state index is 0.0393. The number of rotatable bonds is 11. The summed E-state index contributed by atoms with van der Waals surface area (Å²) >= 11 is 1.76. The van der Waals surface area contributed by atoms with Crippen LogP contribution in [0.25, 0.3) is 0 Å². The molecule has 1 rings (SSSR count). The van der Waals surface area contributed by atoms with Crippen LogP contribution in [0, 0.1) is 0 Å². The number of unbranched alkanes of at least 4 members (excludes halogenated alkanes) is 4. The van der Waals surface area contributed by atoms with Crippen LogP contribution in [-0.4, -0.2) is 40.4 Å². The molecule has 0 aromatic heterocycles. The van der Waals surface area contributed by atoms with Crippen LogP contribution in [0.5, 0.6) is 0 Å². The van der Waals surface area contributed by atoms with Gasteiger partial charge in [-0.1, -0.05) is 52.9 Å². The van der Waals surface area contributed by atoms with Gasteiger partial charge in [-0.3, -0.25) is 9.59 Å². The van der Waals surface area contributed by atoms with Crippen molar-refractivity contribution in [3.8, 4) is 0 Å². The second-order valence-corrected chi connectivity index (χ2v) is 7.56. The molecule has 1 N–H and O–H groups in total. The molecule has 23 heavy (non-hydrogen) atoms. The summed E-state index contributed by atoms with van der Waals surface area (Å²) in [5, 5.41) is 3.22. The lowest BCUT2D eigenvalue weighted by molar-refractivity contribution is -0.139. The maximum Gasteiger partial charge on any atom is 0.243 e. The minimum atomic E-state index is -0.271. The highest BCUT2D eigenvalue weighted by Gasteiger charge is 2.40. The molecule has 1 saturated heterocycles. The number of nitrogens with one attached hydrogen (secondary N) is 1. The Morgan fingerprint density at radius 2 is 1.78 bits per heavy atom. The van der Waals surface area contributed by atoms with Crippen molar-refractivity contribution in [3.05, 3.63) is 0 Å². The number of hydrogen-bond donors (Lipinski definition) is 1. The number of nitrogens with zero attached hydrogens (tertiary/aromatic N) is 1. The summed E-state index contributed by atoms with van der Waals surface area (Å²) in [7, 11) is 0. The lowest BCUT2D eigenvalue weighted by atomic mass is 10.1. The molecule has 0 saturated carbocycles. The van der Waals surface area contributed by atoms with Gasteiger partial charge in [-0.25, -0.2) is 0 Å². The van der Waals surface area contributed by atoms with Crippen molar-refractivity contribution in [1.82, 2.24) is 10.2 Å². The predicted molar refractivity (Wildman–Crippen MR) is 98.5 cm³/mol. The Morgan fingerprint density at radius 3 is 2.43 bits per heavy atom. The molecule has 0 radical (unpaired) electrons. The Balaban J connectivity index is 2.55. The molecule has 0 bridgehead atoms. The standard InChI is InChI=1S/C18H34N2O2S/c1-4-7-9-10-13-19-18(22)15-14-23-17(11-6-3)20(15)16(21)12-8-5-2/h15,17H,4-14H2,1-3H3,(H,19,22)/t15-,17+/m1/s1. The first-order valence-electron chi connectivity index (χ1n) is 9.36. The van der Waals surface area contributed by atoms with E-state index in [1.165, 1.54) is 12.8 Å². The molecule has 1 aliphatic heterocycles. The summed E-state index contributed by atoms with van der Waals surface area (Å²) in [5.74, 6) is 0.933. The van der Waals surface area contributed by atoms with Crippen molar-refractivity contribution >= 4 is 23.6 Å². The largest absolute Gasteiger partial charge is 0.354 e. The minimum Gasteiger partial charge on any atom is -0.354 e. The zero-order valence-electron chi connectivity index (χ0n) is 15.1. The molecule has 0 aromatic carbocycles. The van der Waals surface area contributed by atoms with Gasteiger partial charge < -0.3 is 10.2 Å². The van der Waals surface area contributed by atoms with Crippen LogP contribution in [0.3, 0.4) is 0 Å². The molecular weight excluding hydrogens is 308 g/mol. The normalized spacial score (nSPS) is 20.7. The Bertz CT molecular complexity index is 363. The second kappa shape index (κ2) is 11.8. The summed E-state index contributed by atoms with van der Waals surface area (Å²) < 4.78 is 0. The van der Waals surface area contributed by atoms with Crippen LogP contribution >= 0.6 is 11.8 Å². The van der Waals surface area contributed by atoms with Gasteiger partial charge in [-0.2, -0.15) is 0 Å². The highest BCUT2D eigenvalue weighted by Crippen LogP contribution is 2.33. The lowest BCUT2D eigenvalue weighted by Crippen LogP contribution is -2.49. The third-order valence-electron chi connectivity index (χ3n) is 4.29. The lowest BCUT2D eigenvalue weighted by Gasteiger charge is -2.29. The van der Waals surface area contributed by atoms with Crippen LogP contribution in [0.1, 0.15) is 78.6 Å². The van der Waals surface area contributed by atoms with Gasteiger partial charge in [0.25, 0.3) is 0 Å². The average Bonchev–Trinajstić information content (AvgIpc) is 2.96. The number of carbonyl (C=O) groups excluding carboxylic acids is 2. The van der Waals surface area contributed by atoms with Crippen LogP contribution < -0.4 is 5.32 Å². The molecule has 0 unspecified atom stereocenters. The highest BCUT2D eigenvalue weighted by molar-refractivity contribution is 8.00. The maximum atomic E-state index is 12.6. The smallest absolute Gasteiger partial charge is 0.243 e. The summed E-state index contributed by atoms with van der Waals surface area (Å²) in [6, 6.07) is -0.271. The van der Waals surface area contributed by atoms with Gasteiger partial charge in [0.1, 0.15) is 6.04 Å². The first kappa shape index (κ1) is 20.3. The SMILES string of the molecule is CCCCCCNC(=O)[C@H]1CS[C@@H](CCC)N1C(=O)CCCC. The Labute approximate surface area is 146 Å². The Kier molecular flexibility index (Phi) is 10.4. The van der Waals surface area contributed by atoms with E-state index in [-0.39, 0.29) is 23.2 Å². The predicted octanol–water partition coefficient (Wildman–Crippen LogP) is 3.94. The van der Waals surface area contributed by atoms with Crippen molar-refractivity contribution in [2.75, 3.05) is 12.3 Å². The molecule has 0 spiro atoms. The summed E-state index contributed by atoms with van der Waals surface area (Å²) in [5.41, 5.74) is 0. The van der Waals surface area contributed by atoms with Crippen molar-refractivity contribution in [3.63, 3.8) is 0 Å². The van der Waals surface area contributed by atoms with Crippen LogP contribution in [0.2, 0.25) is 0 Å². The fourth-order valence-corrected chi connectivity index (χ4v) is 4.45. The molecule has 1 heterocycles. The monoisotopic (exact) mass is 342 g/mol. The van der Waals surface area contributed by atoms with Crippen LogP contribution in [-0.2, 0) is 9.59 Å². The third kappa shape index (κ3) is 6.74. The van der Waals surface area contributed by atoms with Gasteiger partial charge >= 0.3 is 0 Å². The van der Waals surface area contributed by atoms with Gasteiger partial charge in [0.2, 0.25) is 11.8 Å². The van der Waals surface area contributed by atoms with Gasteiger partial charge in [-0.05, 0) is 19.3 Å². The number of carbonyl (C=O) groups is 2. The first-order chi connectivity index (χ1) is 11.2. The van der Waals surface area contributed by atoms with E-state index in [1.54, 1.807) is 11.8 Å². The molecule has 4 nitrogen and oxygen atoms in total. The van der Waals surface area contributed by atoms with Crippen molar-refractivity contribution in [1.29, 1.82) is 0 Å². The quantitative estimate of drug-likeness (QED) is 0.579. The molecule has 0 aliphatic carbocycles. The van der Waals surface area contributed by atoms with E-state index in [1.807, 2.05) is 4.90 Å². The van der Waals surface area contributed by atoms with Gasteiger partial charge in [0.15, 0.2) is 0 Å². The number of amides is 2. The molecule has 2 amide bonds. The van der Waals surface area contributed by atoms with Crippen molar-refractivity contribution < 1.29 is 9.59 Å². The summed E-state index contributed by atoms with van der Waals surface area (Å²) in [6.07, 6.45) is 9.11.